The number of carbonyl (C=O) groups excluding carboxylic acids is 1. The molecule has 1 aliphatic heterocycles. The lowest BCUT2D eigenvalue weighted by molar-refractivity contribution is 0.0162. The van der Waals surface area contributed by atoms with Gasteiger partial charge in [-0.1, -0.05) is 6.08 Å². The van der Waals surface area contributed by atoms with E-state index in [4.69, 9.17) is 4.74 Å². The molecule has 1 rings (SSSR count). The first-order valence-corrected chi connectivity index (χ1v) is 8.39. The van der Waals surface area contributed by atoms with Gasteiger partial charge in [0.15, 0.2) is 5.96 Å². The van der Waals surface area contributed by atoms with E-state index in [1.54, 1.807) is 13.1 Å². The molecule has 0 spiro atoms. The van der Waals surface area contributed by atoms with E-state index in [0.717, 1.165) is 44.9 Å². The normalized spacial score (nSPS) is 18.4. The van der Waals surface area contributed by atoms with Crippen LogP contribution >= 0.6 is 24.0 Å². The van der Waals surface area contributed by atoms with Crippen molar-refractivity contribution < 1.29 is 9.53 Å². The fraction of sp³-hybridized carbons (Fsp3) is 0.765. The maximum Gasteiger partial charge on any atom is 0.410 e. The highest BCUT2D eigenvalue weighted by Crippen LogP contribution is 2.21. The van der Waals surface area contributed by atoms with E-state index in [-0.39, 0.29) is 30.1 Å². The molecule has 0 bridgehead atoms. The minimum atomic E-state index is -0.436. The summed E-state index contributed by atoms with van der Waals surface area (Å²) in [6.45, 7) is 12.5. The molecular weight excluding hydrogens is 419 g/mol. The second-order valence-electron chi connectivity index (χ2n) is 6.89. The van der Waals surface area contributed by atoms with Gasteiger partial charge < -0.3 is 20.3 Å². The molecule has 1 saturated heterocycles. The molecule has 6 nitrogen and oxygen atoms in total. The summed E-state index contributed by atoms with van der Waals surface area (Å²) in [6.07, 6.45) is 4.80. The van der Waals surface area contributed by atoms with Crippen molar-refractivity contribution in [1.82, 2.24) is 15.5 Å². The van der Waals surface area contributed by atoms with E-state index >= 15 is 0 Å². The largest absolute Gasteiger partial charge is 0.444 e. The van der Waals surface area contributed by atoms with Crippen molar-refractivity contribution in [2.45, 2.75) is 45.6 Å². The minimum absolute atomic E-state index is 0. The molecule has 1 fully saturated rings. The SMILES string of the molecule is C=CCNC(=NC)NCCC1CCCN(C(=O)OC(C)(C)C)C1.I. The molecule has 0 saturated carbocycles. The predicted molar refractivity (Wildman–Crippen MR) is 110 cm³/mol. The second-order valence-corrected chi connectivity index (χ2v) is 6.89. The molecule has 1 aliphatic rings. The van der Waals surface area contributed by atoms with Crippen molar-refractivity contribution in [1.29, 1.82) is 0 Å². The van der Waals surface area contributed by atoms with Crippen LogP contribution in [0.4, 0.5) is 4.79 Å². The number of nitrogens with one attached hydrogen (secondary N) is 2. The molecule has 1 unspecified atom stereocenters. The Morgan fingerprint density at radius 3 is 2.71 bits per heavy atom. The quantitative estimate of drug-likeness (QED) is 0.291. The van der Waals surface area contributed by atoms with Crippen molar-refractivity contribution >= 4 is 36.0 Å². The monoisotopic (exact) mass is 452 g/mol. The molecule has 24 heavy (non-hydrogen) atoms. The topological polar surface area (TPSA) is 66.0 Å². The van der Waals surface area contributed by atoms with Crippen LogP contribution in [0, 0.1) is 5.92 Å². The van der Waals surface area contributed by atoms with Gasteiger partial charge in [0.25, 0.3) is 0 Å². The van der Waals surface area contributed by atoms with Crippen molar-refractivity contribution in [3.05, 3.63) is 12.7 Å². The summed E-state index contributed by atoms with van der Waals surface area (Å²) in [5.74, 6) is 1.28. The van der Waals surface area contributed by atoms with Gasteiger partial charge in [-0.2, -0.15) is 0 Å². The van der Waals surface area contributed by atoms with Gasteiger partial charge in [-0.15, -0.1) is 30.6 Å². The number of carbonyl (C=O) groups is 1. The van der Waals surface area contributed by atoms with Crippen LogP contribution in [0.25, 0.3) is 0 Å². The van der Waals surface area contributed by atoms with E-state index in [9.17, 15) is 4.79 Å². The second kappa shape index (κ2) is 11.5. The Morgan fingerprint density at radius 2 is 2.12 bits per heavy atom. The first-order chi connectivity index (χ1) is 10.9. The molecular formula is C17H33IN4O2. The molecule has 0 radical (unpaired) electrons. The highest BCUT2D eigenvalue weighted by atomic mass is 127. The van der Waals surface area contributed by atoms with Crippen LogP contribution < -0.4 is 10.6 Å². The van der Waals surface area contributed by atoms with Gasteiger partial charge in [-0.25, -0.2) is 4.79 Å². The lowest BCUT2D eigenvalue weighted by atomic mass is 9.95. The number of hydrogen-bond donors (Lipinski definition) is 2. The highest BCUT2D eigenvalue weighted by Gasteiger charge is 2.27. The van der Waals surface area contributed by atoms with Crippen LogP contribution in [0.2, 0.25) is 0 Å². The maximum atomic E-state index is 12.2. The van der Waals surface area contributed by atoms with Gasteiger partial charge in [0.1, 0.15) is 5.60 Å². The van der Waals surface area contributed by atoms with Crippen LogP contribution in [0.1, 0.15) is 40.0 Å². The first-order valence-electron chi connectivity index (χ1n) is 8.39. The third kappa shape index (κ3) is 9.34. The van der Waals surface area contributed by atoms with Crippen LogP contribution in [-0.4, -0.2) is 55.8 Å². The first kappa shape index (κ1) is 23.0. The van der Waals surface area contributed by atoms with E-state index in [0.29, 0.717) is 12.5 Å². The molecule has 0 aromatic heterocycles. The number of rotatable bonds is 5. The average Bonchev–Trinajstić information content (AvgIpc) is 2.49. The Hall–Kier alpha value is -0.990. The number of nitrogens with zero attached hydrogens (tertiary/aromatic N) is 2. The highest BCUT2D eigenvalue weighted by molar-refractivity contribution is 14.0. The number of ether oxygens (including phenoxy) is 1. The predicted octanol–water partition coefficient (Wildman–Crippen LogP) is 2.99. The van der Waals surface area contributed by atoms with Crippen LogP contribution in [0.5, 0.6) is 0 Å². The minimum Gasteiger partial charge on any atom is -0.444 e. The van der Waals surface area contributed by atoms with Crippen molar-refractivity contribution in [2.75, 3.05) is 33.2 Å². The molecule has 2 N–H and O–H groups in total. The molecule has 7 heteroatoms. The van der Waals surface area contributed by atoms with E-state index in [1.807, 2.05) is 25.7 Å². The average molecular weight is 452 g/mol. The zero-order chi connectivity index (χ0) is 17.3. The Bertz CT molecular complexity index is 421. The van der Waals surface area contributed by atoms with Crippen molar-refractivity contribution in [2.24, 2.45) is 10.9 Å². The van der Waals surface area contributed by atoms with Gasteiger partial charge in [-0.3, -0.25) is 4.99 Å². The Kier molecular flexibility index (Phi) is 11.1. The summed E-state index contributed by atoms with van der Waals surface area (Å²) >= 11 is 0. The Labute approximate surface area is 163 Å². The summed E-state index contributed by atoms with van der Waals surface area (Å²) in [7, 11) is 1.75. The lowest BCUT2D eigenvalue weighted by Crippen LogP contribution is -2.44. The van der Waals surface area contributed by atoms with E-state index in [2.05, 4.69) is 22.2 Å². The maximum absolute atomic E-state index is 12.2. The molecule has 0 aliphatic carbocycles. The summed E-state index contributed by atoms with van der Waals surface area (Å²) in [5, 5.41) is 6.44. The van der Waals surface area contributed by atoms with Crippen LogP contribution in [0.15, 0.2) is 17.6 Å². The van der Waals surface area contributed by atoms with Crippen LogP contribution in [-0.2, 0) is 4.74 Å². The third-order valence-corrected chi connectivity index (χ3v) is 3.65. The number of aliphatic imine (C=N–C) groups is 1. The molecule has 1 heterocycles. The van der Waals surface area contributed by atoms with Crippen molar-refractivity contribution in [3.8, 4) is 0 Å². The van der Waals surface area contributed by atoms with Gasteiger partial charge in [-0.05, 0) is 46.0 Å². The molecule has 1 amide bonds. The molecule has 0 aromatic carbocycles. The van der Waals surface area contributed by atoms with Crippen molar-refractivity contribution in [3.63, 3.8) is 0 Å². The summed E-state index contributed by atoms with van der Waals surface area (Å²) in [4.78, 5) is 18.1. The number of guanidine groups is 1. The van der Waals surface area contributed by atoms with Crippen LogP contribution in [0.3, 0.4) is 0 Å². The van der Waals surface area contributed by atoms with Gasteiger partial charge in [0, 0.05) is 33.2 Å². The molecule has 1 atom stereocenters. The fourth-order valence-corrected chi connectivity index (χ4v) is 2.58. The Morgan fingerprint density at radius 1 is 1.42 bits per heavy atom. The standard InChI is InChI=1S/C17H32N4O2.HI/c1-6-10-19-15(18-5)20-11-9-14-8-7-12-21(13-14)16(22)23-17(2,3)4;/h6,14H,1,7-13H2,2-5H3,(H2,18,19,20);1H. The summed E-state index contributed by atoms with van der Waals surface area (Å²) in [6, 6.07) is 0. The van der Waals surface area contributed by atoms with E-state index < -0.39 is 5.60 Å². The zero-order valence-corrected chi connectivity index (χ0v) is 17.8. The van der Waals surface area contributed by atoms with Gasteiger partial charge in [0.05, 0.1) is 0 Å². The number of hydrogen-bond acceptors (Lipinski definition) is 3. The Balaban J connectivity index is 0.00000529. The summed E-state index contributed by atoms with van der Waals surface area (Å²) < 4.78 is 5.46. The van der Waals surface area contributed by atoms with Gasteiger partial charge >= 0.3 is 6.09 Å². The number of amides is 1. The summed E-state index contributed by atoms with van der Waals surface area (Å²) in [5.41, 5.74) is -0.436. The third-order valence-electron chi connectivity index (χ3n) is 3.65. The zero-order valence-electron chi connectivity index (χ0n) is 15.4. The van der Waals surface area contributed by atoms with E-state index in [1.165, 1.54) is 0 Å². The van der Waals surface area contributed by atoms with Gasteiger partial charge in [0.2, 0.25) is 0 Å². The smallest absolute Gasteiger partial charge is 0.410 e. The molecule has 0 aromatic rings. The number of likely N-dealkylation sites (tertiary alicyclic amines) is 1. The number of halogens is 1. The number of piperidine rings is 1. The lowest BCUT2D eigenvalue weighted by Gasteiger charge is -2.34. The fourth-order valence-electron chi connectivity index (χ4n) is 2.58. The molecule has 140 valence electrons.